The molecule has 0 unspecified atom stereocenters. The second-order valence-corrected chi connectivity index (χ2v) is 8.33. The highest BCUT2D eigenvalue weighted by Gasteiger charge is 2.27. The van der Waals surface area contributed by atoms with Gasteiger partial charge in [0.25, 0.3) is 5.91 Å². The van der Waals surface area contributed by atoms with E-state index in [2.05, 4.69) is 0 Å². The number of hydrogen-bond donors (Lipinski definition) is 0. The molecule has 4 rings (SSSR count). The first-order valence-corrected chi connectivity index (χ1v) is 10.7. The van der Waals surface area contributed by atoms with Crippen LogP contribution < -0.4 is 4.74 Å². The zero-order valence-electron chi connectivity index (χ0n) is 17.3. The van der Waals surface area contributed by atoms with Crippen molar-refractivity contribution < 1.29 is 9.53 Å². The van der Waals surface area contributed by atoms with E-state index < -0.39 is 0 Å². The van der Waals surface area contributed by atoms with E-state index in [1.807, 2.05) is 67.5 Å². The van der Waals surface area contributed by atoms with E-state index in [0.717, 1.165) is 12.1 Å². The second-order valence-electron chi connectivity index (χ2n) is 7.49. The van der Waals surface area contributed by atoms with Gasteiger partial charge >= 0.3 is 0 Å². The van der Waals surface area contributed by atoms with Crippen LogP contribution in [0.2, 0.25) is 10.0 Å². The van der Waals surface area contributed by atoms with Gasteiger partial charge in [-0.2, -0.15) is 0 Å². The molecule has 0 bridgehead atoms. The van der Waals surface area contributed by atoms with Gasteiger partial charge in [0.1, 0.15) is 6.61 Å². The quantitative estimate of drug-likeness (QED) is 0.347. The predicted molar refractivity (Wildman–Crippen MR) is 128 cm³/mol. The van der Waals surface area contributed by atoms with Crippen molar-refractivity contribution in [3.8, 4) is 17.0 Å². The molecule has 0 N–H and O–H groups in total. The Kier molecular flexibility index (Phi) is 6.33. The maximum Gasteiger partial charge on any atom is 0.263 e. The summed E-state index contributed by atoms with van der Waals surface area (Å²) in [5.74, 6) is 0.410. The minimum absolute atomic E-state index is 0.184. The van der Waals surface area contributed by atoms with Gasteiger partial charge < -0.3 is 9.64 Å². The average Bonchev–Trinajstić information content (AvgIpc) is 3.08. The molecule has 3 aromatic carbocycles. The highest BCUT2D eigenvalue weighted by atomic mass is 35.5. The van der Waals surface area contributed by atoms with E-state index >= 15 is 0 Å². The molecule has 0 aliphatic carbocycles. The van der Waals surface area contributed by atoms with Crippen LogP contribution in [-0.4, -0.2) is 42.6 Å². The Balaban J connectivity index is 2.03. The van der Waals surface area contributed by atoms with Crippen molar-refractivity contribution in [3.05, 3.63) is 88.4 Å². The van der Waals surface area contributed by atoms with Crippen molar-refractivity contribution in [1.82, 2.24) is 9.47 Å². The molecule has 0 atom stereocenters. The summed E-state index contributed by atoms with van der Waals surface area (Å²) in [6, 6.07) is 22.3. The number of carbonyl (C=O) groups excluding carboxylic acids is 1. The smallest absolute Gasteiger partial charge is 0.263 e. The fraction of sp³-hybridized carbons (Fsp3) is 0.160. The first-order valence-electron chi connectivity index (χ1n) is 9.93. The van der Waals surface area contributed by atoms with Crippen molar-refractivity contribution in [2.75, 3.05) is 27.2 Å². The number of likely N-dealkylation sites (N-methyl/N-ethyl adjacent to an activating group) is 1. The SMILES string of the molecule is CN(C)CCOc1c(-c2ccccc2)n(C(=O)c2ccccc2)c2c(Cl)cc(Cl)cc12. The summed E-state index contributed by atoms with van der Waals surface area (Å²) in [5, 5.41) is 1.59. The number of ether oxygens (including phenoxy) is 1. The fourth-order valence-corrected chi connectivity index (χ4v) is 4.13. The molecule has 158 valence electrons. The minimum Gasteiger partial charge on any atom is -0.489 e. The number of aromatic nitrogens is 1. The van der Waals surface area contributed by atoms with E-state index in [9.17, 15) is 4.79 Å². The summed E-state index contributed by atoms with van der Waals surface area (Å²) in [6.45, 7) is 1.18. The number of carbonyl (C=O) groups is 1. The second kappa shape index (κ2) is 9.15. The van der Waals surface area contributed by atoms with Gasteiger partial charge in [-0.15, -0.1) is 0 Å². The van der Waals surface area contributed by atoms with Crippen molar-refractivity contribution in [2.24, 2.45) is 0 Å². The Morgan fingerprint density at radius 3 is 2.26 bits per heavy atom. The summed E-state index contributed by atoms with van der Waals surface area (Å²) in [6.07, 6.45) is 0. The van der Waals surface area contributed by atoms with Crippen LogP contribution >= 0.6 is 23.2 Å². The first-order chi connectivity index (χ1) is 15.0. The van der Waals surface area contributed by atoms with Crippen LogP contribution in [0.15, 0.2) is 72.8 Å². The van der Waals surface area contributed by atoms with Crippen LogP contribution in [0, 0.1) is 0 Å². The van der Waals surface area contributed by atoms with Crippen molar-refractivity contribution in [2.45, 2.75) is 0 Å². The molecule has 0 aliphatic heterocycles. The van der Waals surface area contributed by atoms with E-state index in [4.69, 9.17) is 27.9 Å². The molecule has 1 heterocycles. The maximum atomic E-state index is 13.7. The molecular formula is C25H22Cl2N2O2. The van der Waals surface area contributed by atoms with Gasteiger partial charge in [-0.05, 0) is 38.4 Å². The van der Waals surface area contributed by atoms with Crippen LogP contribution in [0.1, 0.15) is 10.4 Å². The van der Waals surface area contributed by atoms with Crippen LogP contribution in [-0.2, 0) is 0 Å². The molecule has 4 nitrogen and oxygen atoms in total. The third-order valence-electron chi connectivity index (χ3n) is 4.99. The number of rotatable bonds is 6. The topological polar surface area (TPSA) is 34.5 Å². The number of halogens is 2. The molecule has 0 saturated heterocycles. The molecule has 0 fully saturated rings. The molecule has 0 saturated carbocycles. The van der Waals surface area contributed by atoms with Gasteiger partial charge in [0.2, 0.25) is 0 Å². The van der Waals surface area contributed by atoms with Gasteiger partial charge in [0.05, 0.1) is 16.2 Å². The summed E-state index contributed by atoms with van der Waals surface area (Å²) >= 11 is 13.0. The maximum absolute atomic E-state index is 13.7. The molecule has 4 aromatic rings. The Morgan fingerprint density at radius 2 is 1.61 bits per heavy atom. The van der Waals surface area contributed by atoms with Gasteiger partial charge in [-0.25, -0.2) is 0 Å². The summed E-state index contributed by atoms with van der Waals surface area (Å²) in [5.41, 5.74) is 2.66. The lowest BCUT2D eigenvalue weighted by Crippen LogP contribution is -2.19. The van der Waals surface area contributed by atoms with Crippen LogP contribution in [0.3, 0.4) is 0 Å². The highest BCUT2D eigenvalue weighted by Crippen LogP contribution is 2.44. The Morgan fingerprint density at radius 1 is 0.968 bits per heavy atom. The van der Waals surface area contributed by atoms with Crippen LogP contribution in [0.5, 0.6) is 5.75 Å². The lowest BCUT2D eigenvalue weighted by molar-refractivity contribution is 0.0966. The average molecular weight is 453 g/mol. The molecule has 0 radical (unpaired) electrons. The summed E-state index contributed by atoms with van der Waals surface area (Å²) in [7, 11) is 3.97. The molecule has 0 amide bonds. The Hall–Kier alpha value is -2.79. The summed E-state index contributed by atoms with van der Waals surface area (Å²) < 4.78 is 7.90. The molecule has 0 spiro atoms. The minimum atomic E-state index is -0.184. The van der Waals surface area contributed by atoms with Gasteiger partial charge in [-0.3, -0.25) is 9.36 Å². The van der Waals surface area contributed by atoms with Gasteiger partial charge in [0.15, 0.2) is 5.75 Å². The van der Waals surface area contributed by atoms with Crippen molar-refractivity contribution >= 4 is 40.0 Å². The van der Waals surface area contributed by atoms with Crippen LogP contribution in [0.25, 0.3) is 22.2 Å². The van der Waals surface area contributed by atoms with E-state index in [1.54, 1.807) is 28.8 Å². The highest BCUT2D eigenvalue weighted by molar-refractivity contribution is 6.39. The largest absolute Gasteiger partial charge is 0.489 e. The van der Waals surface area contributed by atoms with Crippen molar-refractivity contribution in [1.29, 1.82) is 0 Å². The standard InChI is InChI=1S/C25H22Cl2N2O2/c1-28(2)13-14-31-24-20-15-19(26)16-21(27)23(20)29(22(24)17-9-5-3-6-10-17)25(30)18-11-7-4-8-12-18/h3-12,15-16H,13-14H2,1-2H3. The Bertz CT molecular complexity index is 1220. The number of benzene rings is 3. The third-order valence-corrected chi connectivity index (χ3v) is 5.50. The third kappa shape index (κ3) is 4.33. The lowest BCUT2D eigenvalue weighted by Gasteiger charge is -2.14. The Labute approximate surface area is 191 Å². The lowest BCUT2D eigenvalue weighted by atomic mass is 10.1. The zero-order valence-corrected chi connectivity index (χ0v) is 18.8. The number of fused-ring (bicyclic) bond motifs is 1. The predicted octanol–water partition coefficient (Wildman–Crippen LogP) is 6.24. The number of nitrogens with zero attached hydrogens (tertiary/aromatic N) is 2. The summed E-state index contributed by atoms with van der Waals surface area (Å²) in [4.78, 5) is 15.7. The molecular weight excluding hydrogens is 431 g/mol. The first kappa shape index (κ1) is 21.4. The van der Waals surface area contributed by atoms with Gasteiger partial charge in [0, 0.05) is 28.1 Å². The van der Waals surface area contributed by atoms with E-state index in [1.165, 1.54) is 0 Å². The van der Waals surface area contributed by atoms with Crippen LogP contribution in [0.4, 0.5) is 0 Å². The zero-order chi connectivity index (χ0) is 22.0. The van der Waals surface area contributed by atoms with Gasteiger partial charge in [-0.1, -0.05) is 71.7 Å². The molecule has 31 heavy (non-hydrogen) atoms. The van der Waals surface area contributed by atoms with Crippen molar-refractivity contribution in [3.63, 3.8) is 0 Å². The fourth-order valence-electron chi connectivity index (χ4n) is 3.55. The monoisotopic (exact) mass is 452 g/mol. The van der Waals surface area contributed by atoms with E-state index in [0.29, 0.717) is 44.6 Å². The molecule has 1 aromatic heterocycles. The molecule has 6 heteroatoms. The van der Waals surface area contributed by atoms with E-state index in [-0.39, 0.29) is 5.91 Å². The normalized spacial score (nSPS) is 11.3. The molecule has 0 aliphatic rings. The number of hydrogen-bond acceptors (Lipinski definition) is 3.